The van der Waals surface area contributed by atoms with Gasteiger partial charge in [0, 0.05) is 22.9 Å². The summed E-state index contributed by atoms with van der Waals surface area (Å²) in [5.41, 5.74) is 8.02. The van der Waals surface area contributed by atoms with E-state index in [0.717, 1.165) is 17.6 Å². The van der Waals surface area contributed by atoms with Crippen molar-refractivity contribution < 1.29 is 14.0 Å². The molecule has 0 aliphatic carbocycles. The average Bonchev–Trinajstić information content (AvgIpc) is 3.12. The van der Waals surface area contributed by atoms with Gasteiger partial charge in [0.2, 0.25) is 0 Å². The zero-order chi connectivity index (χ0) is 19.7. The Kier molecular flexibility index (Phi) is 4.54. The fourth-order valence-electron chi connectivity index (χ4n) is 2.87. The van der Waals surface area contributed by atoms with Gasteiger partial charge < -0.3 is 5.73 Å². The summed E-state index contributed by atoms with van der Waals surface area (Å²) < 4.78 is 15.8. The molecule has 0 saturated heterocycles. The van der Waals surface area contributed by atoms with E-state index >= 15 is 4.39 Å². The highest BCUT2D eigenvalue weighted by Crippen LogP contribution is 2.40. The van der Waals surface area contributed by atoms with Crippen molar-refractivity contribution in [2.24, 2.45) is 5.73 Å². The van der Waals surface area contributed by atoms with Gasteiger partial charge in [0.1, 0.15) is 11.8 Å². The third kappa shape index (κ3) is 3.21. The second kappa shape index (κ2) is 7.16. The number of rotatable bonds is 4. The molecule has 2 aromatic carbocycles. The predicted octanol–water partition coefficient (Wildman–Crippen LogP) is 4.47. The van der Waals surface area contributed by atoms with Crippen LogP contribution in [0.25, 0.3) is 32.6 Å². The standard InChI is InChI=1S/C20H13FN4O2S/c21-16-13(12-6-4-11(10-26)5-7-12)9-14(15-3-1-2-8-23-15)18-17(16)24-20(28-18)25-19(22)27/h1-10H,(H3,22,24,25,27). The summed E-state index contributed by atoms with van der Waals surface area (Å²) in [5.74, 6) is -0.526. The molecule has 6 nitrogen and oxygen atoms in total. The maximum atomic E-state index is 15.3. The summed E-state index contributed by atoms with van der Waals surface area (Å²) in [6.07, 6.45) is 2.37. The number of carbonyl (C=O) groups is 2. The summed E-state index contributed by atoms with van der Waals surface area (Å²) >= 11 is 1.12. The van der Waals surface area contributed by atoms with Gasteiger partial charge >= 0.3 is 6.03 Å². The fourth-order valence-corrected chi connectivity index (χ4v) is 3.86. The van der Waals surface area contributed by atoms with E-state index in [-0.39, 0.29) is 10.6 Å². The lowest BCUT2D eigenvalue weighted by atomic mass is 9.99. The molecule has 0 bridgehead atoms. The van der Waals surface area contributed by atoms with Crippen molar-refractivity contribution in [3.05, 3.63) is 66.1 Å². The Hall–Kier alpha value is -3.65. The van der Waals surface area contributed by atoms with Crippen molar-refractivity contribution in [1.29, 1.82) is 0 Å². The number of urea groups is 1. The molecule has 2 amide bonds. The van der Waals surface area contributed by atoms with E-state index in [4.69, 9.17) is 5.73 Å². The average molecular weight is 392 g/mol. The third-order valence-electron chi connectivity index (χ3n) is 4.13. The number of carbonyl (C=O) groups excluding carboxylic acids is 2. The van der Waals surface area contributed by atoms with Crippen LogP contribution < -0.4 is 11.1 Å². The molecular weight excluding hydrogens is 379 g/mol. The van der Waals surface area contributed by atoms with Crippen LogP contribution in [0.15, 0.2) is 54.7 Å². The normalized spacial score (nSPS) is 10.8. The maximum Gasteiger partial charge on any atom is 0.318 e. The second-order valence-electron chi connectivity index (χ2n) is 5.93. The lowest BCUT2D eigenvalue weighted by molar-refractivity contribution is 0.112. The lowest BCUT2D eigenvalue weighted by Gasteiger charge is -2.09. The van der Waals surface area contributed by atoms with Gasteiger partial charge in [-0.15, -0.1) is 0 Å². The summed E-state index contributed by atoms with van der Waals surface area (Å²) in [7, 11) is 0. The second-order valence-corrected chi connectivity index (χ2v) is 6.93. The van der Waals surface area contributed by atoms with Gasteiger partial charge in [0.15, 0.2) is 10.9 Å². The number of halogens is 1. The van der Waals surface area contributed by atoms with E-state index in [1.54, 1.807) is 42.6 Å². The van der Waals surface area contributed by atoms with Crippen LogP contribution in [0.5, 0.6) is 0 Å². The summed E-state index contributed by atoms with van der Waals surface area (Å²) in [4.78, 5) is 30.6. The molecule has 4 rings (SSSR count). The van der Waals surface area contributed by atoms with Gasteiger partial charge in [-0.2, -0.15) is 0 Å². The third-order valence-corrected chi connectivity index (χ3v) is 5.14. The number of pyridine rings is 1. The number of aldehydes is 1. The number of hydrogen-bond donors (Lipinski definition) is 2. The van der Waals surface area contributed by atoms with Crippen molar-refractivity contribution in [2.75, 3.05) is 5.32 Å². The first-order chi connectivity index (χ1) is 13.6. The van der Waals surface area contributed by atoms with Crippen LogP contribution >= 0.6 is 11.3 Å². The molecule has 0 aliphatic rings. The minimum Gasteiger partial charge on any atom is -0.351 e. The minimum absolute atomic E-state index is 0.117. The Balaban J connectivity index is 1.98. The zero-order valence-corrected chi connectivity index (χ0v) is 15.2. The summed E-state index contributed by atoms with van der Waals surface area (Å²) in [6, 6.07) is 12.9. The number of nitrogens with one attached hydrogen (secondary N) is 1. The molecule has 4 aromatic rings. The van der Waals surface area contributed by atoms with Gasteiger partial charge in [0.05, 0.1) is 10.4 Å². The van der Waals surface area contributed by atoms with E-state index in [1.165, 1.54) is 0 Å². The van der Waals surface area contributed by atoms with Gasteiger partial charge in [-0.05, 0) is 23.8 Å². The SMILES string of the molecule is NC(=O)Nc1nc2c(F)c(-c3ccc(C=O)cc3)cc(-c3ccccn3)c2s1. The van der Waals surface area contributed by atoms with Gasteiger partial charge in [-0.3, -0.25) is 15.1 Å². The molecule has 0 radical (unpaired) electrons. The largest absolute Gasteiger partial charge is 0.351 e. The summed E-state index contributed by atoms with van der Waals surface area (Å²) in [6.45, 7) is 0. The minimum atomic E-state index is -0.775. The first-order valence-corrected chi connectivity index (χ1v) is 9.05. The zero-order valence-electron chi connectivity index (χ0n) is 14.3. The Labute approximate surface area is 162 Å². The molecular formula is C20H13FN4O2S. The number of nitrogens with zero attached hydrogens (tertiary/aromatic N) is 2. The van der Waals surface area contributed by atoms with Crippen molar-refractivity contribution >= 4 is 39.0 Å². The molecule has 8 heteroatoms. The Bertz CT molecular complexity index is 1190. The topological polar surface area (TPSA) is 98.0 Å². The number of hydrogen-bond acceptors (Lipinski definition) is 5. The van der Waals surface area contributed by atoms with Crippen molar-refractivity contribution in [3.8, 4) is 22.4 Å². The Morgan fingerprint density at radius 1 is 1.14 bits per heavy atom. The number of primary amides is 1. The summed E-state index contributed by atoms with van der Waals surface area (Å²) in [5, 5.41) is 2.60. The van der Waals surface area contributed by atoms with E-state index < -0.39 is 11.8 Å². The Morgan fingerprint density at radius 2 is 1.93 bits per heavy atom. The molecule has 0 unspecified atom stereocenters. The molecule has 3 N–H and O–H groups in total. The van der Waals surface area contributed by atoms with Crippen LogP contribution in [0, 0.1) is 5.82 Å². The quantitative estimate of drug-likeness (QED) is 0.501. The number of anilines is 1. The number of benzene rings is 2. The molecule has 2 heterocycles. The molecule has 0 fully saturated rings. The monoisotopic (exact) mass is 392 g/mol. The van der Waals surface area contributed by atoms with Crippen molar-refractivity contribution in [1.82, 2.24) is 9.97 Å². The molecule has 2 aromatic heterocycles. The highest BCUT2D eigenvalue weighted by atomic mass is 32.1. The van der Waals surface area contributed by atoms with Gasteiger partial charge in [-0.1, -0.05) is 41.7 Å². The van der Waals surface area contributed by atoms with Crippen LogP contribution in [0.2, 0.25) is 0 Å². The molecule has 0 saturated carbocycles. The van der Waals surface area contributed by atoms with E-state index in [1.807, 2.05) is 12.1 Å². The van der Waals surface area contributed by atoms with Crippen LogP contribution in [0.3, 0.4) is 0 Å². The smallest absolute Gasteiger partial charge is 0.318 e. The molecule has 0 atom stereocenters. The van der Waals surface area contributed by atoms with Crippen molar-refractivity contribution in [2.45, 2.75) is 0 Å². The predicted molar refractivity (Wildman–Crippen MR) is 107 cm³/mol. The van der Waals surface area contributed by atoms with Crippen LogP contribution in [-0.2, 0) is 0 Å². The van der Waals surface area contributed by atoms with Gasteiger partial charge in [0.25, 0.3) is 0 Å². The number of aromatic nitrogens is 2. The molecule has 0 spiro atoms. The van der Waals surface area contributed by atoms with Crippen LogP contribution in [-0.4, -0.2) is 22.3 Å². The lowest BCUT2D eigenvalue weighted by Crippen LogP contribution is -2.18. The first-order valence-electron chi connectivity index (χ1n) is 8.23. The van der Waals surface area contributed by atoms with Crippen molar-refractivity contribution in [3.63, 3.8) is 0 Å². The van der Waals surface area contributed by atoms with E-state index in [0.29, 0.717) is 32.6 Å². The van der Waals surface area contributed by atoms with Crippen LogP contribution in [0.1, 0.15) is 10.4 Å². The number of amides is 2. The van der Waals surface area contributed by atoms with Gasteiger partial charge in [-0.25, -0.2) is 14.2 Å². The van der Waals surface area contributed by atoms with E-state index in [2.05, 4.69) is 15.3 Å². The first kappa shape index (κ1) is 17.7. The molecule has 138 valence electrons. The number of nitrogens with two attached hydrogens (primary N) is 1. The fraction of sp³-hybridized carbons (Fsp3) is 0. The molecule has 0 aliphatic heterocycles. The van der Waals surface area contributed by atoms with E-state index in [9.17, 15) is 9.59 Å². The van der Waals surface area contributed by atoms with Crippen LogP contribution in [0.4, 0.5) is 14.3 Å². The number of fused-ring (bicyclic) bond motifs is 1. The highest BCUT2D eigenvalue weighted by Gasteiger charge is 2.20. The number of thiazole rings is 1. The highest BCUT2D eigenvalue weighted by molar-refractivity contribution is 7.22. The Morgan fingerprint density at radius 3 is 2.57 bits per heavy atom. The molecule has 28 heavy (non-hydrogen) atoms. The maximum absolute atomic E-state index is 15.3.